The first-order valence-electron chi connectivity index (χ1n) is 4.84. The number of hydrogen-bond acceptors (Lipinski definition) is 4. The fraction of sp³-hybridized carbons (Fsp3) is 0.0909. The van der Waals surface area contributed by atoms with Gasteiger partial charge in [-0.15, -0.1) is 0 Å². The van der Waals surface area contributed by atoms with Crippen molar-refractivity contribution in [3.05, 3.63) is 52.0 Å². The molecule has 88 valence electrons. The van der Waals surface area contributed by atoms with Crippen molar-refractivity contribution in [2.24, 2.45) is 5.73 Å². The van der Waals surface area contributed by atoms with E-state index in [-0.39, 0.29) is 12.2 Å². The average molecular weight is 236 g/mol. The fourth-order valence-corrected chi connectivity index (χ4v) is 1.46. The number of halogens is 1. The lowest BCUT2D eigenvalue weighted by Gasteiger charge is -1.98. The number of non-ortho nitro benzene ring substituents is 1. The smallest absolute Gasteiger partial charge is 0.273 e. The zero-order valence-corrected chi connectivity index (χ0v) is 8.72. The predicted molar refractivity (Wildman–Crippen MR) is 58.6 cm³/mol. The van der Waals surface area contributed by atoms with Crippen LogP contribution in [0.25, 0.3) is 11.3 Å². The van der Waals surface area contributed by atoms with Gasteiger partial charge >= 0.3 is 0 Å². The Morgan fingerprint density at radius 3 is 2.71 bits per heavy atom. The Labute approximate surface area is 95.8 Å². The number of hydrogen-bond donors (Lipinski definition) is 1. The molecule has 0 unspecified atom stereocenters. The molecule has 0 bridgehead atoms. The second-order valence-corrected chi connectivity index (χ2v) is 3.43. The Morgan fingerprint density at radius 2 is 2.12 bits per heavy atom. The van der Waals surface area contributed by atoms with Crippen molar-refractivity contribution < 1.29 is 13.7 Å². The molecule has 17 heavy (non-hydrogen) atoms. The normalized spacial score (nSPS) is 10.5. The zero-order chi connectivity index (χ0) is 12.4. The van der Waals surface area contributed by atoms with Gasteiger partial charge < -0.3 is 10.2 Å². The monoisotopic (exact) mass is 236 g/mol. The molecule has 0 saturated heterocycles. The van der Waals surface area contributed by atoms with Crippen LogP contribution in [0.5, 0.6) is 0 Å². The highest BCUT2D eigenvalue weighted by Crippen LogP contribution is 2.27. The molecule has 1 heterocycles. The van der Waals surface area contributed by atoms with Gasteiger partial charge in [0.15, 0.2) is 0 Å². The molecule has 2 N–H and O–H groups in total. The topological polar surface area (TPSA) is 82.3 Å². The fourth-order valence-electron chi connectivity index (χ4n) is 1.46. The molecule has 2 rings (SSSR count). The summed E-state index contributed by atoms with van der Waals surface area (Å²) in [6, 6.07) is 6.53. The average Bonchev–Trinajstić information content (AvgIpc) is 2.76. The summed E-state index contributed by atoms with van der Waals surface area (Å²) in [5.74, 6) is 0.208. The van der Waals surface area contributed by atoms with Gasteiger partial charge in [0.2, 0.25) is 0 Å². The maximum absolute atomic E-state index is 13.2. The molecular formula is C11H9FN2O3. The third-order valence-electron chi connectivity index (χ3n) is 2.24. The first-order valence-corrected chi connectivity index (χ1v) is 4.84. The first kappa shape index (κ1) is 11.3. The number of nitro benzene ring substituents is 1. The molecule has 0 fully saturated rings. The van der Waals surface area contributed by atoms with E-state index in [4.69, 9.17) is 10.2 Å². The Morgan fingerprint density at radius 1 is 1.35 bits per heavy atom. The Kier molecular flexibility index (Phi) is 2.88. The van der Waals surface area contributed by atoms with Crippen LogP contribution >= 0.6 is 0 Å². The minimum Gasteiger partial charge on any atom is -0.460 e. The van der Waals surface area contributed by atoms with Crippen molar-refractivity contribution in [3.63, 3.8) is 0 Å². The number of nitrogens with zero attached hydrogens (tertiary/aromatic N) is 1. The van der Waals surface area contributed by atoms with Crippen molar-refractivity contribution in [2.75, 3.05) is 0 Å². The van der Waals surface area contributed by atoms with E-state index in [1.807, 2.05) is 0 Å². The van der Waals surface area contributed by atoms with E-state index in [1.165, 1.54) is 12.1 Å². The summed E-state index contributed by atoms with van der Waals surface area (Å²) in [7, 11) is 0. The predicted octanol–water partition coefficient (Wildman–Crippen LogP) is 2.45. The number of nitrogens with two attached hydrogens (primary N) is 1. The summed E-state index contributed by atoms with van der Waals surface area (Å²) in [5.41, 5.74) is 5.38. The highest BCUT2D eigenvalue weighted by Gasteiger charge is 2.13. The summed E-state index contributed by atoms with van der Waals surface area (Å²) in [6.07, 6.45) is 0. The standard InChI is InChI=1S/C11H9FN2O3/c12-8-3-7(4-9(5-8)14(15)16)11-2-1-10(6-13)17-11/h1-5H,6,13H2. The maximum atomic E-state index is 13.2. The Bertz CT molecular complexity index is 566. The van der Waals surface area contributed by atoms with Gasteiger partial charge in [0, 0.05) is 11.6 Å². The molecular weight excluding hydrogens is 227 g/mol. The van der Waals surface area contributed by atoms with Gasteiger partial charge in [-0.2, -0.15) is 0 Å². The largest absolute Gasteiger partial charge is 0.460 e. The van der Waals surface area contributed by atoms with Crippen LogP contribution in [0.3, 0.4) is 0 Å². The van der Waals surface area contributed by atoms with E-state index in [2.05, 4.69) is 0 Å². The molecule has 1 aromatic carbocycles. The van der Waals surface area contributed by atoms with E-state index in [0.29, 0.717) is 17.1 Å². The molecule has 0 aliphatic carbocycles. The highest BCUT2D eigenvalue weighted by atomic mass is 19.1. The quantitative estimate of drug-likeness (QED) is 0.655. The number of rotatable bonds is 3. The SMILES string of the molecule is NCc1ccc(-c2cc(F)cc([N+](=O)[O-])c2)o1. The molecule has 0 aliphatic rings. The third-order valence-corrected chi connectivity index (χ3v) is 2.24. The van der Waals surface area contributed by atoms with Crippen molar-refractivity contribution in [2.45, 2.75) is 6.54 Å². The van der Waals surface area contributed by atoms with Crippen LogP contribution in [0.2, 0.25) is 0 Å². The number of furan rings is 1. The van der Waals surface area contributed by atoms with Gasteiger partial charge in [-0.1, -0.05) is 0 Å². The molecule has 0 saturated carbocycles. The number of benzene rings is 1. The lowest BCUT2D eigenvalue weighted by atomic mass is 10.1. The minimum atomic E-state index is -0.681. The van der Waals surface area contributed by atoms with Crippen molar-refractivity contribution in [1.29, 1.82) is 0 Å². The molecule has 0 atom stereocenters. The molecule has 1 aromatic heterocycles. The summed E-state index contributed by atoms with van der Waals surface area (Å²) >= 11 is 0. The Balaban J connectivity index is 2.47. The van der Waals surface area contributed by atoms with Crippen LogP contribution < -0.4 is 5.73 Å². The molecule has 2 aromatic rings. The molecule has 0 spiro atoms. The van der Waals surface area contributed by atoms with E-state index in [9.17, 15) is 14.5 Å². The van der Waals surface area contributed by atoms with Gasteiger partial charge in [-0.3, -0.25) is 10.1 Å². The van der Waals surface area contributed by atoms with E-state index >= 15 is 0 Å². The molecule has 5 nitrogen and oxygen atoms in total. The molecule has 0 amide bonds. The Hall–Kier alpha value is -2.21. The lowest BCUT2D eigenvalue weighted by molar-refractivity contribution is -0.385. The van der Waals surface area contributed by atoms with Crippen molar-refractivity contribution >= 4 is 5.69 Å². The van der Waals surface area contributed by atoms with Gasteiger partial charge in [0.05, 0.1) is 17.5 Å². The van der Waals surface area contributed by atoms with Gasteiger partial charge in [0.25, 0.3) is 5.69 Å². The van der Waals surface area contributed by atoms with Crippen LogP contribution in [-0.4, -0.2) is 4.92 Å². The molecule has 6 heteroatoms. The van der Waals surface area contributed by atoms with E-state index in [1.54, 1.807) is 12.1 Å². The van der Waals surface area contributed by atoms with Crippen LogP contribution in [0.1, 0.15) is 5.76 Å². The maximum Gasteiger partial charge on any atom is 0.273 e. The van der Waals surface area contributed by atoms with E-state index in [0.717, 1.165) is 6.07 Å². The third kappa shape index (κ3) is 2.31. The van der Waals surface area contributed by atoms with Gasteiger partial charge in [-0.05, 0) is 18.2 Å². The molecule has 0 aliphatic heterocycles. The number of nitro groups is 1. The summed E-state index contributed by atoms with van der Waals surface area (Å²) in [6.45, 7) is 0.220. The van der Waals surface area contributed by atoms with Gasteiger partial charge in [0.1, 0.15) is 17.3 Å². The van der Waals surface area contributed by atoms with Gasteiger partial charge in [-0.25, -0.2) is 4.39 Å². The van der Waals surface area contributed by atoms with Crippen LogP contribution in [0, 0.1) is 15.9 Å². The van der Waals surface area contributed by atoms with Crippen LogP contribution in [0.4, 0.5) is 10.1 Å². The van der Waals surface area contributed by atoms with Crippen LogP contribution in [0.15, 0.2) is 34.7 Å². The second-order valence-electron chi connectivity index (χ2n) is 3.43. The molecule has 0 radical (unpaired) electrons. The summed E-state index contributed by atoms with van der Waals surface area (Å²) in [5, 5.41) is 10.6. The zero-order valence-electron chi connectivity index (χ0n) is 8.72. The van der Waals surface area contributed by atoms with Crippen molar-refractivity contribution in [1.82, 2.24) is 0 Å². The second kappa shape index (κ2) is 4.34. The van der Waals surface area contributed by atoms with Crippen LogP contribution in [-0.2, 0) is 6.54 Å². The van der Waals surface area contributed by atoms with E-state index < -0.39 is 10.7 Å². The summed E-state index contributed by atoms with van der Waals surface area (Å²) < 4.78 is 18.5. The minimum absolute atomic E-state index is 0.220. The van der Waals surface area contributed by atoms with Crippen molar-refractivity contribution in [3.8, 4) is 11.3 Å². The highest BCUT2D eigenvalue weighted by molar-refractivity contribution is 5.61. The lowest BCUT2D eigenvalue weighted by Crippen LogP contribution is -1.92. The summed E-state index contributed by atoms with van der Waals surface area (Å²) in [4.78, 5) is 9.93. The first-order chi connectivity index (χ1) is 8.10.